The molecule has 0 aliphatic heterocycles. The second-order valence-electron chi connectivity index (χ2n) is 6.97. The van der Waals surface area contributed by atoms with Crippen molar-refractivity contribution in [1.82, 2.24) is 0 Å². The topological polar surface area (TPSA) is 46.5 Å². The number of carbonyl (C=O) groups is 1. The van der Waals surface area contributed by atoms with Crippen LogP contribution >= 0.6 is 0 Å². The van der Waals surface area contributed by atoms with E-state index in [2.05, 4.69) is 4.74 Å². The minimum Gasteiger partial charge on any atom is -0.462 e. The van der Waals surface area contributed by atoms with Crippen LogP contribution in [0.1, 0.15) is 47.5 Å². The fourth-order valence-corrected chi connectivity index (χ4v) is 2.17. The predicted octanol–water partition coefficient (Wildman–Crippen LogP) is 4.24. The van der Waals surface area contributed by atoms with E-state index in [4.69, 9.17) is 5.11 Å². The van der Waals surface area contributed by atoms with Gasteiger partial charge in [0.1, 0.15) is 6.10 Å². The van der Waals surface area contributed by atoms with Crippen LogP contribution in [0.4, 0.5) is 26.3 Å². The van der Waals surface area contributed by atoms with Crippen molar-refractivity contribution in [3.8, 4) is 0 Å². The van der Waals surface area contributed by atoms with Gasteiger partial charge in [-0.1, -0.05) is 27.7 Å². The van der Waals surface area contributed by atoms with Gasteiger partial charge >= 0.3 is 18.3 Å². The van der Waals surface area contributed by atoms with E-state index in [-0.39, 0.29) is 5.41 Å². The monoisotopic (exact) mass is 352 g/mol. The molecule has 0 heterocycles. The van der Waals surface area contributed by atoms with Gasteiger partial charge in [0.05, 0.1) is 5.92 Å². The summed E-state index contributed by atoms with van der Waals surface area (Å²) in [6.45, 7) is 7.83. The van der Waals surface area contributed by atoms with Crippen LogP contribution in [0.5, 0.6) is 0 Å². The molecule has 2 unspecified atom stereocenters. The van der Waals surface area contributed by atoms with Crippen molar-refractivity contribution in [2.24, 2.45) is 11.3 Å². The lowest BCUT2D eigenvalue weighted by molar-refractivity contribution is -0.373. The number of rotatable bonds is 5. The average Bonchev–Trinajstić information content (AvgIpc) is 2.22. The first-order valence-corrected chi connectivity index (χ1v) is 6.97. The van der Waals surface area contributed by atoms with Crippen LogP contribution in [0.3, 0.4) is 0 Å². The molecule has 0 aromatic rings. The molecular weight excluding hydrogens is 330 g/mol. The molecule has 2 atom stereocenters. The van der Waals surface area contributed by atoms with Gasteiger partial charge in [0.15, 0.2) is 0 Å². The number of halogens is 6. The standard InChI is InChI=1S/C14H22F6O3/c1-8(6-11(3,4)5)10(21)23-9(2)7-12(22,13(15,16)17)14(18,19)20/h8-9,22H,6-7H2,1-5H3. The van der Waals surface area contributed by atoms with Crippen molar-refractivity contribution < 1.29 is 41.0 Å². The predicted molar refractivity (Wildman–Crippen MR) is 70.5 cm³/mol. The summed E-state index contributed by atoms with van der Waals surface area (Å²) in [5, 5.41) is 9.05. The van der Waals surface area contributed by atoms with E-state index in [1.54, 1.807) is 0 Å². The molecule has 0 radical (unpaired) electrons. The van der Waals surface area contributed by atoms with Crippen molar-refractivity contribution in [2.45, 2.75) is 71.5 Å². The molecule has 9 heteroatoms. The minimum absolute atomic E-state index is 0.264. The fraction of sp³-hybridized carbons (Fsp3) is 0.929. The molecule has 1 N–H and O–H groups in total. The Balaban J connectivity index is 4.99. The largest absolute Gasteiger partial charge is 0.462 e. The molecule has 0 saturated heterocycles. The Morgan fingerprint density at radius 1 is 0.957 bits per heavy atom. The quantitative estimate of drug-likeness (QED) is 0.595. The van der Waals surface area contributed by atoms with E-state index in [1.807, 2.05) is 20.8 Å². The smallest absolute Gasteiger partial charge is 0.426 e. The third-order valence-electron chi connectivity index (χ3n) is 3.16. The van der Waals surface area contributed by atoms with E-state index in [0.717, 1.165) is 6.92 Å². The Labute approximate surface area is 131 Å². The molecule has 138 valence electrons. The molecule has 0 rings (SSSR count). The van der Waals surface area contributed by atoms with Crippen molar-refractivity contribution in [1.29, 1.82) is 0 Å². The summed E-state index contributed by atoms with van der Waals surface area (Å²) >= 11 is 0. The first-order chi connectivity index (χ1) is 9.91. The number of alkyl halides is 6. The van der Waals surface area contributed by atoms with Gasteiger partial charge in [0.25, 0.3) is 5.60 Å². The van der Waals surface area contributed by atoms with Crippen molar-refractivity contribution in [3.05, 3.63) is 0 Å². The zero-order valence-corrected chi connectivity index (χ0v) is 13.6. The zero-order chi connectivity index (χ0) is 18.9. The Hall–Kier alpha value is -0.990. The number of esters is 1. The van der Waals surface area contributed by atoms with Crippen LogP contribution in [0.2, 0.25) is 0 Å². The molecular formula is C14H22F6O3. The van der Waals surface area contributed by atoms with E-state index < -0.39 is 42.4 Å². The highest BCUT2D eigenvalue weighted by atomic mass is 19.4. The summed E-state index contributed by atoms with van der Waals surface area (Å²) in [5.74, 6) is -1.60. The summed E-state index contributed by atoms with van der Waals surface area (Å²) in [6, 6.07) is 0. The van der Waals surface area contributed by atoms with Crippen molar-refractivity contribution in [2.75, 3.05) is 0 Å². The average molecular weight is 352 g/mol. The van der Waals surface area contributed by atoms with Gasteiger partial charge in [0.2, 0.25) is 0 Å². The summed E-state index contributed by atoms with van der Waals surface area (Å²) in [7, 11) is 0. The van der Waals surface area contributed by atoms with Crippen LogP contribution in [0.15, 0.2) is 0 Å². The molecule has 0 aromatic heterocycles. The first-order valence-electron chi connectivity index (χ1n) is 6.97. The minimum atomic E-state index is -5.93. The van der Waals surface area contributed by atoms with Gasteiger partial charge in [-0.2, -0.15) is 26.3 Å². The Morgan fingerprint density at radius 3 is 1.65 bits per heavy atom. The molecule has 3 nitrogen and oxygen atoms in total. The molecule has 23 heavy (non-hydrogen) atoms. The lowest BCUT2D eigenvalue weighted by Crippen LogP contribution is -2.58. The van der Waals surface area contributed by atoms with E-state index in [0.29, 0.717) is 6.42 Å². The second kappa shape index (κ2) is 6.86. The normalized spacial score (nSPS) is 16.9. The SMILES string of the molecule is CC(CC(O)(C(F)(F)F)C(F)(F)F)OC(=O)C(C)CC(C)(C)C. The lowest BCUT2D eigenvalue weighted by atomic mass is 9.85. The number of carbonyl (C=O) groups excluding carboxylic acids is 1. The molecule has 0 spiro atoms. The second-order valence-corrected chi connectivity index (χ2v) is 6.97. The summed E-state index contributed by atoms with van der Waals surface area (Å²) in [6.07, 6.45) is -15.1. The van der Waals surface area contributed by atoms with Crippen molar-refractivity contribution >= 4 is 5.97 Å². The summed E-state index contributed by atoms with van der Waals surface area (Å²) < 4.78 is 80.1. The molecule has 0 fully saturated rings. The summed E-state index contributed by atoms with van der Waals surface area (Å²) in [5.41, 5.74) is -5.19. The lowest BCUT2D eigenvalue weighted by Gasteiger charge is -2.34. The van der Waals surface area contributed by atoms with Gasteiger partial charge in [-0.25, -0.2) is 0 Å². The number of hydrogen-bond donors (Lipinski definition) is 1. The van der Waals surface area contributed by atoms with Crippen molar-refractivity contribution in [3.63, 3.8) is 0 Å². The number of hydrogen-bond acceptors (Lipinski definition) is 3. The molecule has 0 aromatic carbocycles. The van der Waals surface area contributed by atoms with Gasteiger partial charge in [-0.3, -0.25) is 4.79 Å². The highest BCUT2D eigenvalue weighted by molar-refractivity contribution is 5.72. The van der Waals surface area contributed by atoms with Gasteiger partial charge in [-0.05, 0) is 18.8 Å². The Bertz CT molecular complexity index is 394. The van der Waals surface area contributed by atoms with Crippen LogP contribution in [-0.2, 0) is 9.53 Å². The Kier molecular flexibility index (Phi) is 6.57. The number of ether oxygens (including phenoxy) is 1. The third kappa shape index (κ3) is 6.19. The van der Waals surface area contributed by atoms with Gasteiger partial charge in [-0.15, -0.1) is 0 Å². The van der Waals surface area contributed by atoms with E-state index in [1.165, 1.54) is 6.92 Å². The molecule has 0 aliphatic rings. The third-order valence-corrected chi connectivity index (χ3v) is 3.16. The van der Waals surface area contributed by atoms with Crippen LogP contribution in [0.25, 0.3) is 0 Å². The zero-order valence-electron chi connectivity index (χ0n) is 13.6. The van der Waals surface area contributed by atoms with Gasteiger partial charge < -0.3 is 9.84 Å². The highest BCUT2D eigenvalue weighted by Gasteiger charge is 2.70. The molecule has 0 saturated carbocycles. The molecule has 0 aliphatic carbocycles. The van der Waals surface area contributed by atoms with Crippen LogP contribution < -0.4 is 0 Å². The highest BCUT2D eigenvalue weighted by Crippen LogP contribution is 2.46. The van der Waals surface area contributed by atoms with E-state index >= 15 is 0 Å². The molecule has 0 bridgehead atoms. The van der Waals surface area contributed by atoms with E-state index in [9.17, 15) is 31.1 Å². The summed E-state index contributed by atoms with van der Waals surface area (Å²) in [4.78, 5) is 11.8. The maximum absolute atomic E-state index is 12.6. The molecule has 0 amide bonds. The van der Waals surface area contributed by atoms with Crippen LogP contribution in [-0.4, -0.2) is 35.1 Å². The first kappa shape index (κ1) is 22.0. The van der Waals surface area contributed by atoms with Crippen LogP contribution in [0, 0.1) is 11.3 Å². The Morgan fingerprint density at radius 2 is 1.35 bits per heavy atom. The van der Waals surface area contributed by atoms with Gasteiger partial charge in [0, 0.05) is 6.42 Å². The fourth-order valence-electron chi connectivity index (χ4n) is 2.17. The maximum atomic E-state index is 12.6. The maximum Gasteiger partial charge on any atom is 0.426 e. The number of aliphatic hydroxyl groups is 1.